The molecule has 0 spiro atoms. The predicted octanol–water partition coefficient (Wildman–Crippen LogP) is 2.18. The Morgan fingerprint density at radius 2 is 2.50 bits per heavy atom. The SMILES string of the molecule is CNC1(CO)CCC(Sc2ccoc2C)C1. The van der Waals surface area contributed by atoms with Gasteiger partial charge in [0.25, 0.3) is 0 Å². The molecule has 2 rings (SSSR count). The molecule has 2 N–H and O–H groups in total. The Labute approximate surface area is 101 Å². The number of furan rings is 1. The fourth-order valence-electron chi connectivity index (χ4n) is 2.30. The lowest BCUT2D eigenvalue weighted by molar-refractivity contribution is 0.173. The second kappa shape index (κ2) is 4.82. The summed E-state index contributed by atoms with van der Waals surface area (Å²) in [7, 11) is 1.94. The third-order valence-electron chi connectivity index (χ3n) is 3.50. The van der Waals surface area contributed by atoms with Gasteiger partial charge in [0.1, 0.15) is 5.76 Å². The van der Waals surface area contributed by atoms with Crippen LogP contribution in [0, 0.1) is 6.92 Å². The monoisotopic (exact) mass is 241 g/mol. The van der Waals surface area contributed by atoms with Gasteiger partial charge >= 0.3 is 0 Å². The van der Waals surface area contributed by atoms with E-state index in [1.807, 2.05) is 31.8 Å². The van der Waals surface area contributed by atoms with Gasteiger partial charge in [0, 0.05) is 15.7 Å². The second-order valence-electron chi connectivity index (χ2n) is 4.51. The van der Waals surface area contributed by atoms with Crippen LogP contribution in [-0.2, 0) is 0 Å². The first-order valence-electron chi connectivity index (χ1n) is 5.70. The van der Waals surface area contributed by atoms with Crippen LogP contribution in [0.2, 0.25) is 0 Å². The molecule has 0 amide bonds. The summed E-state index contributed by atoms with van der Waals surface area (Å²) in [6, 6.07) is 2.03. The van der Waals surface area contributed by atoms with Gasteiger partial charge in [0.15, 0.2) is 0 Å². The van der Waals surface area contributed by atoms with Crippen LogP contribution in [-0.4, -0.2) is 29.5 Å². The zero-order chi connectivity index (χ0) is 11.6. The van der Waals surface area contributed by atoms with Crippen LogP contribution in [0.1, 0.15) is 25.0 Å². The van der Waals surface area contributed by atoms with Crippen LogP contribution < -0.4 is 5.32 Å². The van der Waals surface area contributed by atoms with E-state index >= 15 is 0 Å². The van der Waals surface area contributed by atoms with E-state index in [1.54, 1.807) is 6.26 Å². The van der Waals surface area contributed by atoms with Crippen molar-refractivity contribution in [1.29, 1.82) is 0 Å². The van der Waals surface area contributed by atoms with E-state index in [0.29, 0.717) is 5.25 Å². The second-order valence-corrected chi connectivity index (χ2v) is 5.85. The van der Waals surface area contributed by atoms with Gasteiger partial charge in [-0.25, -0.2) is 0 Å². The summed E-state index contributed by atoms with van der Waals surface area (Å²) in [5.74, 6) is 0.996. The highest BCUT2D eigenvalue weighted by Gasteiger charge is 2.37. The fourth-order valence-corrected chi connectivity index (χ4v) is 3.65. The van der Waals surface area contributed by atoms with Gasteiger partial charge in [0.2, 0.25) is 0 Å². The minimum Gasteiger partial charge on any atom is -0.468 e. The van der Waals surface area contributed by atoms with E-state index < -0.39 is 0 Å². The molecular formula is C12H19NO2S. The molecule has 0 aliphatic heterocycles. The smallest absolute Gasteiger partial charge is 0.114 e. The van der Waals surface area contributed by atoms with Crippen molar-refractivity contribution in [3.8, 4) is 0 Å². The van der Waals surface area contributed by atoms with Gasteiger partial charge in [-0.05, 0) is 39.3 Å². The number of likely N-dealkylation sites (N-methyl/N-ethyl adjacent to an activating group) is 1. The van der Waals surface area contributed by atoms with Crippen molar-refractivity contribution in [3.05, 3.63) is 18.1 Å². The summed E-state index contributed by atoms with van der Waals surface area (Å²) in [5, 5.41) is 13.3. The molecule has 0 saturated heterocycles. The highest BCUT2D eigenvalue weighted by Crippen LogP contribution is 2.40. The molecule has 2 unspecified atom stereocenters. The van der Waals surface area contributed by atoms with E-state index in [2.05, 4.69) is 5.32 Å². The van der Waals surface area contributed by atoms with Gasteiger partial charge in [0.05, 0.1) is 12.9 Å². The third-order valence-corrected chi connectivity index (χ3v) is 4.91. The van der Waals surface area contributed by atoms with Crippen LogP contribution in [0.25, 0.3) is 0 Å². The van der Waals surface area contributed by atoms with Crippen molar-refractivity contribution in [2.24, 2.45) is 0 Å². The van der Waals surface area contributed by atoms with Crippen LogP contribution in [0.15, 0.2) is 21.6 Å². The predicted molar refractivity (Wildman–Crippen MR) is 65.8 cm³/mol. The van der Waals surface area contributed by atoms with Crippen LogP contribution in [0.3, 0.4) is 0 Å². The van der Waals surface area contributed by atoms with Gasteiger partial charge in [-0.1, -0.05) is 0 Å². The molecular weight excluding hydrogens is 222 g/mol. The minimum atomic E-state index is -0.0602. The number of hydrogen-bond acceptors (Lipinski definition) is 4. The van der Waals surface area contributed by atoms with E-state index in [4.69, 9.17) is 4.42 Å². The van der Waals surface area contributed by atoms with E-state index in [-0.39, 0.29) is 12.1 Å². The maximum absolute atomic E-state index is 9.42. The zero-order valence-corrected chi connectivity index (χ0v) is 10.6. The standard InChI is InChI=1S/C12H19NO2S/c1-9-11(4-6-15-9)16-10-3-5-12(7-10,8-14)13-2/h4,6,10,13-14H,3,5,7-8H2,1-2H3. The summed E-state index contributed by atoms with van der Waals surface area (Å²) in [6.45, 7) is 2.22. The maximum atomic E-state index is 9.42. The lowest BCUT2D eigenvalue weighted by Crippen LogP contribution is -2.44. The lowest BCUT2D eigenvalue weighted by Gasteiger charge is -2.26. The van der Waals surface area contributed by atoms with Crippen molar-refractivity contribution >= 4 is 11.8 Å². The number of aryl methyl sites for hydroxylation is 1. The average molecular weight is 241 g/mol. The molecule has 0 aromatic carbocycles. The van der Waals surface area contributed by atoms with E-state index in [1.165, 1.54) is 4.90 Å². The van der Waals surface area contributed by atoms with Crippen molar-refractivity contribution < 1.29 is 9.52 Å². The van der Waals surface area contributed by atoms with Gasteiger partial charge in [-0.15, -0.1) is 11.8 Å². The van der Waals surface area contributed by atoms with Crippen LogP contribution in [0.5, 0.6) is 0 Å². The number of aliphatic hydroxyl groups is 1. The Kier molecular flexibility index (Phi) is 3.62. The van der Waals surface area contributed by atoms with Crippen molar-refractivity contribution in [1.82, 2.24) is 5.32 Å². The van der Waals surface area contributed by atoms with Crippen LogP contribution >= 0.6 is 11.8 Å². The molecule has 0 radical (unpaired) electrons. The molecule has 1 fully saturated rings. The molecule has 1 aromatic heterocycles. The average Bonchev–Trinajstić information content (AvgIpc) is 2.88. The number of thioether (sulfide) groups is 1. The number of nitrogens with one attached hydrogen (secondary N) is 1. The molecule has 1 heterocycles. The van der Waals surface area contributed by atoms with E-state index in [9.17, 15) is 5.11 Å². The molecule has 1 aliphatic carbocycles. The van der Waals surface area contributed by atoms with Crippen molar-refractivity contribution in [3.63, 3.8) is 0 Å². The minimum absolute atomic E-state index is 0.0602. The first-order valence-corrected chi connectivity index (χ1v) is 6.57. The summed E-state index contributed by atoms with van der Waals surface area (Å²) in [4.78, 5) is 1.23. The molecule has 90 valence electrons. The molecule has 2 atom stereocenters. The van der Waals surface area contributed by atoms with Gasteiger partial charge in [-0.3, -0.25) is 0 Å². The molecule has 0 bridgehead atoms. The van der Waals surface area contributed by atoms with Crippen molar-refractivity contribution in [2.45, 2.75) is 41.9 Å². The Bertz CT molecular complexity index is 347. The highest BCUT2D eigenvalue weighted by molar-refractivity contribution is 8.00. The van der Waals surface area contributed by atoms with Crippen LogP contribution in [0.4, 0.5) is 0 Å². The van der Waals surface area contributed by atoms with E-state index in [0.717, 1.165) is 25.0 Å². The Hall–Kier alpha value is -0.450. The normalized spacial score (nSPS) is 29.8. The molecule has 3 nitrogen and oxygen atoms in total. The first kappa shape index (κ1) is 12.0. The zero-order valence-electron chi connectivity index (χ0n) is 9.82. The van der Waals surface area contributed by atoms with Gasteiger partial charge in [-0.2, -0.15) is 0 Å². The maximum Gasteiger partial charge on any atom is 0.114 e. The molecule has 1 saturated carbocycles. The Morgan fingerprint density at radius 1 is 1.69 bits per heavy atom. The molecule has 4 heteroatoms. The summed E-state index contributed by atoms with van der Waals surface area (Å²) >= 11 is 1.87. The third kappa shape index (κ3) is 2.29. The molecule has 1 aliphatic rings. The molecule has 16 heavy (non-hydrogen) atoms. The number of aliphatic hydroxyl groups excluding tert-OH is 1. The number of rotatable bonds is 4. The lowest BCUT2D eigenvalue weighted by atomic mass is 10.00. The summed E-state index contributed by atoms with van der Waals surface area (Å²) in [6.07, 6.45) is 4.96. The Balaban J connectivity index is 1.97. The summed E-state index contributed by atoms with van der Waals surface area (Å²) in [5.41, 5.74) is -0.0602. The quantitative estimate of drug-likeness (QED) is 0.848. The number of hydrogen-bond donors (Lipinski definition) is 2. The largest absolute Gasteiger partial charge is 0.468 e. The molecule has 1 aromatic rings. The highest BCUT2D eigenvalue weighted by atomic mass is 32.2. The Morgan fingerprint density at radius 3 is 3.00 bits per heavy atom. The van der Waals surface area contributed by atoms with Gasteiger partial charge < -0.3 is 14.8 Å². The fraction of sp³-hybridized carbons (Fsp3) is 0.667. The first-order chi connectivity index (χ1) is 7.69. The topological polar surface area (TPSA) is 45.4 Å². The summed E-state index contributed by atoms with van der Waals surface area (Å²) < 4.78 is 5.29. The van der Waals surface area contributed by atoms with Crippen molar-refractivity contribution in [2.75, 3.05) is 13.7 Å².